The first-order valence-corrected chi connectivity index (χ1v) is 4.82. The second kappa shape index (κ2) is 5.62. The summed E-state index contributed by atoms with van der Waals surface area (Å²) in [6.45, 7) is 0.195. The number of benzene rings is 1. The van der Waals surface area contributed by atoms with Crippen molar-refractivity contribution < 1.29 is 9.53 Å². The highest BCUT2D eigenvalue weighted by molar-refractivity contribution is 6.18. The fourth-order valence-electron chi connectivity index (χ4n) is 1.03. The van der Waals surface area contributed by atoms with Gasteiger partial charge < -0.3 is 10.5 Å². The monoisotopic (exact) mass is 213 g/mol. The Morgan fingerprint density at radius 1 is 1.43 bits per heavy atom. The maximum Gasteiger partial charge on any atom is 0.327 e. The van der Waals surface area contributed by atoms with E-state index in [1.807, 2.05) is 18.2 Å². The summed E-state index contributed by atoms with van der Waals surface area (Å²) in [4.78, 5) is 11.3. The van der Waals surface area contributed by atoms with Crippen LogP contribution in [0.15, 0.2) is 30.3 Å². The van der Waals surface area contributed by atoms with E-state index < -0.39 is 12.0 Å². The van der Waals surface area contributed by atoms with Crippen molar-refractivity contribution in [2.45, 2.75) is 6.04 Å². The van der Waals surface area contributed by atoms with E-state index in [9.17, 15) is 4.79 Å². The van der Waals surface area contributed by atoms with E-state index in [2.05, 4.69) is 0 Å². The number of esters is 1. The first-order valence-electron chi connectivity index (χ1n) is 4.29. The maximum atomic E-state index is 11.3. The summed E-state index contributed by atoms with van der Waals surface area (Å²) in [5.74, 6) is -0.162. The predicted molar refractivity (Wildman–Crippen MR) is 55.0 cm³/mol. The Hall–Kier alpha value is -1.06. The van der Waals surface area contributed by atoms with Crippen molar-refractivity contribution >= 4 is 17.6 Å². The van der Waals surface area contributed by atoms with Gasteiger partial charge in [0.1, 0.15) is 12.6 Å². The predicted octanol–water partition coefficient (Wildman–Crippen LogP) is 1.47. The van der Waals surface area contributed by atoms with E-state index in [0.717, 1.165) is 5.56 Å². The van der Waals surface area contributed by atoms with Crippen LogP contribution < -0.4 is 5.73 Å². The Morgan fingerprint density at radius 2 is 2.07 bits per heavy atom. The minimum absolute atomic E-state index is 0.195. The number of hydrogen-bond donors (Lipinski definition) is 1. The van der Waals surface area contributed by atoms with Crippen LogP contribution in [0.4, 0.5) is 0 Å². The highest BCUT2D eigenvalue weighted by Gasteiger charge is 2.16. The third-order valence-corrected chi connectivity index (χ3v) is 1.89. The van der Waals surface area contributed by atoms with E-state index in [1.54, 1.807) is 12.1 Å². The quantitative estimate of drug-likeness (QED) is 0.609. The highest BCUT2D eigenvalue weighted by Crippen LogP contribution is 2.10. The largest absolute Gasteiger partial charge is 0.463 e. The molecule has 0 bridgehead atoms. The fourth-order valence-corrected chi connectivity index (χ4v) is 1.10. The molecule has 0 amide bonds. The summed E-state index contributed by atoms with van der Waals surface area (Å²) in [7, 11) is 0. The molecule has 3 nitrogen and oxygen atoms in total. The van der Waals surface area contributed by atoms with Gasteiger partial charge >= 0.3 is 5.97 Å². The van der Waals surface area contributed by atoms with Crippen molar-refractivity contribution in [3.8, 4) is 0 Å². The molecule has 0 aliphatic carbocycles. The van der Waals surface area contributed by atoms with Crippen LogP contribution in [0.2, 0.25) is 0 Å². The first kappa shape index (κ1) is 11.0. The molecule has 1 aromatic rings. The zero-order valence-electron chi connectivity index (χ0n) is 7.65. The molecule has 4 heteroatoms. The first-order chi connectivity index (χ1) is 6.75. The molecule has 1 aromatic carbocycles. The number of ether oxygens (including phenoxy) is 1. The van der Waals surface area contributed by atoms with Crippen LogP contribution in [0, 0.1) is 0 Å². The van der Waals surface area contributed by atoms with Crippen LogP contribution in [0.5, 0.6) is 0 Å². The van der Waals surface area contributed by atoms with Gasteiger partial charge in [-0.1, -0.05) is 30.3 Å². The Balaban J connectivity index is 2.57. The van der Waals surface area contributed by atoms with Gasteiger partial charge in [-0.25, -0.2) is 4.79 Å². The lowest BCUT2D eigenvalue weighted by atomic mass is 10.1. The maximum absolute atomic E-state index is 11.3. The summed E-state index contributed by atoms with van der Waals surface area (Å²) in [5.41, 5.74) is 6.40. The Kier molecular flexibility index (Phi) is 4.43. The Labute approximate surface area is 87.8 Å². The minimum Gasteiger partial charge on any atom is -0.463 e. The molecule has 76 valence electrons. The second-order valence-corrected chi connectivity index (χ2v) is 3.12. The number of rotatable bonds is 4. The van der Waals surface area contributed by atoms with E-state index in [1.165, 1.54) is 0 Å². The molecule has 1 rings (SSSR count). The Morgan fingerprint density at radius 3 is 2.64 bits per heavy atom. The zero-order valence-corrected chi connectivity index (χ0v) is 8.41. The topological polar surface area (TPSA) is 52.3 Å². The molecule has 0 spiro atoms. The molecule has 0 aliphatic rings. The van der Waals surface area contributed by atoms with Crippen molar-refractivity contribution in [1.29, 1.82) is 0 Å². The van der Waals surface area contributed by atoms with Crippen LogP contribution in [0.25, 0.3) is 0 Å². The molecular weight excluding hydrogens is 202 g/mol. The van der Waals surface area contributed by atoms with Crippen molar-refractivity contribution in [3.63, 3.8) is 0 Å². The van der Waals surface area contributed by atoms with Gasteiger partial charge in [0.2, 0.25) is 0 Å². The summed E-state index contributed by atoms with van der Waals surface area (Å²) < 4.78 is 4.81. The van der Waals surface area contributed by atoms with Crippen molar-refractivity contribution in [3.05, 3.63) is 35.9 Å². The number of hydrogen-bond acceptors (Lipinski definition) is 3. The molecule has 14 heavy (non-hydrogen) atoms. The third kappa shape index (κ3) is 3.01. The fraction of sp³-hybridized carbons (Fsp3) is 0.300. The zero-order chi connectivity index (χ0) is 10.4. The average Bonchev–Trinajstić information content (AvgIpc) is 2.26. The van der Waals surface area contributed by atoms with Crippen LogP contribution in [-0.2, 0) is 9.53 Å². The molecule has 0 radical (unpaired) electrons. The number of halogens is 1. The standard InChI is InChI=1S/C10H12ClNO2/c11-6-7-14-10(13)9(12)8-4-2-1-3-5-8/h1-5,9H,6-7,12H2. The smallest absolute Gasteiger partial charge is 0.327 e. The number of carbonyl (C=O) groups excluding carboxylic acids is 1. The summed E-state index contributed by atoms with van der Waals surface area (Å²) in [6.07, 6.45) is 0. The molecule has 0 saturated heterocycles. The van der Waals surface area contributed by atoms with Crippen molar-refractivity contribution in [1.82, 2.24) is 0 Å². The van der Waals surface area contributed by atoms with Gasteiger partial charge in [-0.05, 0) is 5.56 Å². The van der Waals surface area contributed by atoms with Crippen LogP contribution in [0.1, 0.15) is 11.6 Å². The molecule has 0 heterocycles. The summed E-state index contributed by atoms with van der Waals surface area (Å²) in [6, 6.07) is 8.35. The number of carbonyl (C=O) groups is 1. The molecule has 1 atom stereocenters. The second-order valence-electron chi connectivity index (χ2n) is 2.74. The minimum atomic E-state index is -0.723. The lowest BCUT2D eigenvalue weighted by molar-refractivity contribution is -0.144. The lowest BCUT2D eigenvalue weighted by Gasteiger charge is -2.10. The Bertz CT molecular complexity index is 289. The van der Waals surface area contributed by atoms with Crippen molar-refractivity contribution in [2.24, 2.45) is 5.73 Å². The summed E-state index contributed by atoms with van der Waals surface area (Å²) >= 11 is 5.38. The van der Waals surface area contributed by atoms with Crippen LogP contribution >= 0.6 is 11.6 Å². The molecule has 0 aliphatic heterocycles. The van der Waals surface area contributed by atoms with Crippen LogP contribution in [-0.4, -0.2) is 18.5 Å². The van der Waals surface area contributed by atoms with E-state index in [0.29, 0.717) is 0 Å². The van der Waals surface area contributed by atoms with Gasteiger partial charge in [0.15, 0.2) is 0 Å². The molecule has 0 aromatic heterocycles. The molecule has 0 fully saturated rings. The van der Waals surface area contributed by atoms with Crippen molar-refractivity contribution in [2.75, 3.05) is 12.5 Å². The van der Waals surface area contributed by atoms with Gasteiger partial charge in [0.05, 0.1) is 5.88 Å². The average molecular weight is 214 g/mol. The molecule has 1 unspecified atom stereocenters. The van der Waals surface area contributed by atoms with Gasteiger partial charge in [-0.2, -0.15) is 0 Å². The van der Waals surface area contributed by atoms with Gasteiger partial charge in [-0.3, -0.25) is 0 Å². The summed E-state index contributed by atoms with van der Waals surface area (Å²) in [5, 5.41) is 0. The SMILES string of the molecule is NC(C(=O)OCCCl)c1ccccc1. The van der Waals surface area contributed by atoms with Gasteiger partial charge in [0, 0.05) is 0 Å². The molecular formula is C10H12ClNO2. The number of nitrogens with two attached hydrogens (primary N) is 1. The third-order valence-electron chi connectivity index (χ3n) is 1.73. The highest BCUT2D eigenvalue weighted by atomic mass is 35.5. The lowest BCUT2D eigenvalue weighted by Crippen LogP contribution is -2.24. The normalized spacial score (nSPS) is 12.1. The molecule has 2 N–H and O–H groups in total. The van der Waals surface area contributed by atoms with Crippen LogP contribution in [0.3, 0.4) is 0 Å². The number of alkyl halides is 1. The van der Waals surface area contributed by atoms with E-state index >= 15 is 0 Å². The van der Waals surface area contributed by atoms with E-state index in [-0.39, 0.29) is 12.5 Å². The van der Waals surface area contributed by atoms with E-state index in [4.69, 9.17) is 22.1 Å². The van der Waals surface area contributed by atoms with Gasteiger partial charge in [0.25, 0.3) is 0 Å². The van der Waals surface area contributed by atoms with Gasteiger partial charge in [-0.15, -0.1) is 11.6 Å². The molecule has 0 saturated carbocycles.